The zero-order chi connectivity index (χ0) is 13.5. The molecular formula is C17H18OSi. The Kier molecular flexibility index (Phi) is 2.83. The Morgan fingerprint density at radius 1 is 0.737 bits per heavy atom. The van der Waals surface area contributed by atoms with Gasteiger partial charge in [0.25, 0.3) is 0 Å². The van der Waals surface area contributed by atoms with E-state index < -0.39 is 8.32 Å². The van der Waals surface area contributed by atoms with E-state index in [1.54, 1.807) is 0 Å². The second-order valence-electron chi connectivity index (χ2n) is 5.86. The van der Waals surface area contributed by atoms with Crippen LogP contribution in [-0.2, 0) is 0 Å². The minimum atomic E-state index is -1.63. The highest BCUT2D eigenvalue weighted by Crippen LogP contribution is 2.36. The Morgan fingerprint density at radius 3 is 1.68 bits per heavy atom. The third-order valence-electron chi connectivity index (χ3n) is 3.13. The second-order valence-corrected chi connectivity index (χ2v) is 10.3. The maximum atomic E-state index is 6.37. The summed E-state index contributed by atoms with van der Waals surface area (Å²) in [5.74, 6) is 1.05. The van der Waals surface area contributed by atoms with Crippen molar-refractivity contribution >= 4 is 29.9 Å². The number of hydrogen-bond donors (Lipinski definition) is 0. The Morgan fingerprint density at radius 2 is 1.21 bits per heavy atom. The fraction of sp³-hybridized carbons (Fsp3) is 0.176. The molecule has 3 rings (SSSR count). The number of rotatable bonds is 2. The van der Waals surface area contributed by atoms with Crippen LogP contribution in [0, 0.1) is 0 Å². The Labute approximate surface area is 115 Å². The average molecular weight is 266 g/mol. The van der Waals surface area contributed by atoms with Gasteiger partial charge in [0.15, 0.2) is 0 Å². The van der Waals surface area contributed by atoms with E-state index in [1.807, 2.05) is 0 Å². The van der Waals surface area contributed by atoms with Gasteiger partial charge >= 0.3 is 0 Å². The largest absolute Gasteiger partial charge is 0.543 e. The van der Waals surface area contributed by atoms with Gasteiger partial charge in [0, 0.05) is 10.8 Å². The number of fused-ring (bicyclic) bond motifs is 2. The smallest absolute Gasteiger partial charge is 0.242 e. The molecule has 0 aromatic heterocycles. The fourth-order valence-corrected chi connectivity index (χ4v) is 3.22. The lowest BCUT2D eigenvalue weighted by molar-refractivity contribution is 0.570. The Balaban J connectivity index is 2.39. The van der Waals surface area contributed by atoms with Crippen LogP contribution in [0.4, 0.5) is 0 Å². The van der Waals surface area contributed by atoms with Gasteiger partial charge in [-0.05, 0) is 36.5 Å². The van der Waals surface area contributed by atoms with Crippen LogP contribution in [0.1, 0.15) is 0 Å². The highest BCUT2D eigenvalue weighted by molar-refractivity contribution is 6.70. The molecule has 0 N–H and O–H groups in total. The normalized spacial score (nSPS) is 11.9. The second kappa shape index (κ2) is 4.39. The molecule has 96 valence electrons. The molecule has 0 atom stereocenters. The standard InChI is InChI=1S/C17H18OSi/c1-19(2,3)18-17-15-10-6-4-8-13(15)12-14-9-5-7-11-16(14)17/h4-12H,1-3H3. The van der Waals surface area contributed by atoms with Gasteiger partial charge in [-0.15, -0.1) is 0 Å². The van der Waals surface area contributed by atoms with Crippen LogP contribution in [-0.4, -0.2) is 8.32 Å². The topological polar surface area (TPSA) is 9.23 Å². The first-order valence-electron chi connectivity index (χ1n) is 6.64. The van der Waals surface area contributed by atoms with Crippen molar-refractivity contribution in [2.75, 3.05) is 0 Å². The van der Waals surface area contributed by atoms with Crippen molar-refractivity contribution in [1.82, 2.24) is 0 Å². The Bertz CT molecular complexity index is 687. The molecule has 0 aliphatic heterocycles. The summed E-state index contributed by atoms with van der Waals surface area (Å²) in [5, 5.41) is 4.91. The van der Waals surface area contributed by atoms with Crippen molar-refractivity contribution in [1.29, 1.82) is 0 Å². The molecule has 1 nitrogen and oxygen atoms in total. The molecule has 0 radical (unpaired) electrons. The van der Waals surface area contributed by atoms with Crippen molar-refractivity contribution < 1.29 is 4.43 Å². The first-order valence-corrected chi connectivity index (χ1v) is 10.0. The molecule has 0 fully saturated rings. The van der Waals surface area contributed by atoms with Crippen molar-refractivity contribution in [3.05, 3.63) is 54.6 Å². The third kappa shape index (κ3) is 2.36. The van der Waals surface area contributed by atoms with E-state index in [0.717, 1.165) is 5.75 Å². The average Bonchev–Trinajstić information content (AvgIpc) is 2.37. The van der Waals surface area contributed by atoms with Crippen molar-refractivity contribution in [3.8, 4) is 5.75 Å². The zero-order valence-corrected chi connectivity index (χ0v) is 12.6. The molecule has 0 heterocycles. The molecule has 0 aliphatic rings. The van der Waals surface area contributed by atoms with Crippen molar-refractivity contribution in [2.24, 2.45) is 0 Å². The van der Waals surface area contributed by atoms with Gasteiger partial charge in [-0.2, -0.15) is 0 Å². The van der Waals surface area contributed by atoms with Gasteiger partial charge in [0.1, 0.15) is 5.75 Å². The molecule has 2 heteroatoms. The predicted octanol–water partition coefficient (Wildman–Crippen LogP) is 5.21. The van der Waals surface area contributed by atoms with E-state index in [-0.39, 0.29) is 0 Å². The summed E-state index contributed by atoms with van der Waals surface area (Å²) >= 11 is 0. The molecule has 0 unspecified atom stereocenters. The van der Waals surface area contributed by atoms with Gasteiger partial charge < -0.3 is 4.43 Å². The number of benzene rings is 3. The lowest BCUT2D eigenvalue weighted by Crippen LogP contribution is -2.29. The fourth-order valence-electron chi connectivity index (χ4n) is 2.39. The molecule has 0 spiro atoms. The van der Waals surface area contributed by atoms with Crippen LogP contribution in [0.2, 0.25) is 19.6 Å². The van der Waals surface area contributed by atoms with Gasteiger partial charge in [-0.25, -0.2) is 0 Å². The van der Waals surface area contributed by atoms with Gasteiger partial charge in [-0.1, -0.05) is 48.5 Å². The zero-order valence-electron chi connectivity index (χ0n) is 11.6. The summed E-state index contributed by atoms with van der Waals surface area (Å²) in [5.41, 5.74) is 0. The lowest BCUT2D eigenvalue weighted by Gasteiger charge is -2.22. The van der Waals surface area contributed by atoms with E-state index in [4.69, 9.17) is 4.43 Å². The molecule has 0 aliphatic carbocycles. The molecule has 19 heavy (non-hydrogen) atoms. The summed E-state index contributed by atoms with van der Waals surface area (Å²) in [6, 6.07) is 19.2. The molecule has 0 saturated heterocycles. The van der Waals surface area contributed by atoms with Crippen LogP contribution in [0.5, 0.6) is 5.75 Å². The van der Waals surface area contributed by atoms with Gasteiger partial charge in [-0.3, -0.25) is 0 Å². The summed E-state index contributed by atoms with van der Waals surface area (Å²) in [4.78, 5) is 0. The summed E-state index contributed by atoms with van der Waals surface area (Å²) < 4.78 is 6.37. The summed E-state index contributed by atoms with van der Waals surface area (Å²) in [7, 11) is -1.63. The Hall–Kier alpha value is -1.80. The minimum absolute atomic E-state index is 1.05. The van der Waals surface area contributed by atoms with E-state index in [9.17, 15) is 0 Å². The lowest BCUT2D eigenvalue weighted by atomic mass is 10.0. The highest BCUT2D eigenvalue weighted by Gasteiger charge is 2.19. The quantitative estimate of drug-likeness (QED) is 0.457. The van der Waals surface area contributed by atoms with Crippen LogP contribution in [0.25, 0.3) is 21.5 Å². The maximum absolute atomic E-state index is 6.37. The van der Waals surface area contributed by atoms with Crippen molar-refractivity contribution in [3.63, 3.8) is 0 Å². The molecule has 3 aromatic rings. The summed E-state index contributed by atoms with van der Waals surface area (Å²) in [6.07, 6.45) is 0. The predicted molar refractivity (Wildman–Crippen MR) is 85.4 cm³/mol. The van der Waals surface area contributed by atoms with E-state index in [2.05, 4.69) is 74.2 Å². The summed E-state index contributed by atoms with van der Waals surface area (Å²) in [6.45, 7) is 6.68. The molecule has 0 amide bonds. The SMILES string of the molecule is C[Si](C)(C)Oc1c2ccccc2cc2ccccc12. The molecule has 3 aromatic carbocycles. The van der Waals surface area contributed by atoms with Crippen LogP contribution in [0.3, 0.4) is 0 Å². The minimum Gasteiger partial charge on any atom is -0.543 e. The van der Waals surface area contributed by atoms with Crippen molar-refractivity contribution in [2.45, 2.75) is 19.6 Å². The van der Waals surface area contributed by atoms with Crippen LogP contribution >= 0.6 is 0 Å². The number of hydrogen-bond acceptors (Lipinski definition) is 1. The van der Waals surface area contributed by atoms with Gasteiger partial charge in [0.05, 0.1) is 0 Å². The van der Waals surface area contributed by atoms with E-state index in [0.29, 0.717) is 0 Å². The van der Waals surface area contributed by atoms with Crippen LogP contribution in [0.15, 0.2) is 54.6 Å². The molecular weight excluding hydrogens is 248 g/mol. The first kappa shape index (κ1) is 12.2. The van der Waals surface area contributed by atoms with Crippen LogP contribution < -0.4 is 4.43 Å². The highest BCUT2D eigenvalue weighted by atomic mass is 28.4. The molecule has 0 saturated carbocycles. The van der Waals surface area contributed by atoms with Gasteiger partial charge in [0.2, 0.25) is 8.32 Å². The monoisotopic (exact) mass is 266 g/mol. The first-order chi connectivity index (χ1) is 9.04. The molecule has 0 bridgehead atoms. The maximum Gasteiger partial charge on any atom is 0.242 e. The van der Waals surface area contributed by atoms with E-state index in [1.165, 1.54) is 21.5 Å². The van der Waals surface area contributed by atoms with E-state index >= 15 is 0 Å². The third-order valence-corrected chi connectivity index (χ3v) is 3.95.